The van der Waals surface area contributed by atoms with Gasteiger partial charge in [-0.1, -0.05) is 11.6 Å². The lowest BCUT2D eigenvalue weighted by Crippen LogP contribution is -2.34. The van der Waals surface area contributed by atoms with Gasteiger partial charge in [-0.3, -0.25) is 4.79 Å². The lowest BCUT2D eigenvalue weighted by molar-refractivity contribution is -0.121. The zero-order valence-electron chi connectivity index (χ0n) is 14.0. The van der Waals surface area contributed by atoms with Crippen molar-refractivity contribution in [2.24, 2.45) is 5.10 Å². The topological polar surface area (TPSA) is 83.0 Å². The SMILES string of the molecule is CCOc1ccc(NC(C)C(=O)N/N=C/c2cc(Cl)ccc2O)cc1. The molecule has 0 bridgehead atoms. The van der Waals surface area contributed by atoms with Crippen molar-refractivity contribution in [3.63, 3.8) is 0 Å². The summed E-state index contributed by atoms with van der Waals surface area (Å²) in [6.45, 7) is 4.24. The average Bonchev–Trinajstić information content (AvgIpc) is 2.59. The quantitative estimate of drug-likeness (QED) is 0.521. The molecule has 6 nitrogen and oxygen atoms in total. The summed E-state index contributed by atoms with van der Waals surface area (Å²) in [7, 11) is 0. The van der Waals surface area contributed by atoms with Crippen molar-refractivity contribution in [2.45, 2.75) is 19.9 Å². The molecule has 25 heavy (non-hydrogen) atoms. The third-order valence-electron chi connectivity index (χ3n) is 3.31. The third-order valence-corrected chi connectivity index (χ3v) is 3.54. The predicted octanol–water partition coefficient (Wildman–Crippen LogP) is 3.40. The molecule has 0 saturated carbocycles. The van der Waals surface area contributed by atoms with Crippen LogP contribution in [0.2, 0.25) is 5.02 Å². The number of aromatic hydroxyl groups is 1. The number of hydrogen-bond donors (Lipinski definition) is 3. The van der Waals surface area contributed by atoms with Crippen molar-refractivity contribution in [3.8, 4) is 11.5 Å². The zero-order valence-corrected chi connectivity index (χ0v) is 14.7. The van der Waals surface area contributed by atoms with Crippen LogP contribution in [-0.2, 0) is 4.79 Å². The number of benzene rings is 2. The Morgan fingerprint density at radius 3 is 2.72 bits per heavy atom. The van der Waals surface area contributed by atoms with Crippen LogP contribution >= 0.6 is 11.6 Å². The molecule has 0 spiro atoms. The van der Waals surface area contributed by atoms with E-state index >= 15 is 0 Å². The number of phenolic OH excluding ortho intramolecular Hbond substituents is 1. The van der Waals surface area contributed by atoms with Gasteiger partial charge >= 0.3 is 0 Å². The number of halogens is 1. The van der Waals surface area contributed by atoms with Crippen LogP contribution in [0.15, 0.2) is 47.6 Å². The molecule has 0 aromatic heterocycles. The molecule has 0 aliphatic rings. The van der Waals surface area contributed by atoms with Crippen molar-refractivity contribution in [1.82, 2.24) is 5.43 Å². The molecule has 132 valence electrons. The van der Waals surface area contributed by atoms with E-state index in [1.54, 1.807) is 19.1 Å². The highest BCUT2D eigenvalue weighted by molar-refractivity contribution is 6.30. The molecule has 0 heterocycles. The van der Waals surface area contributed by atoms with Crippen molar-refractivity contribution in [3.05, 3.63) is 53.1 Å². The van der Waals surface area contributed by atoms with Gasteiger partial charge in [0.25, 0.3) is 5.91 Å². The molecular weight excluding hydrogens is 342 g/mol. The Bertz CT molecular complexity index is 748. The largest absolute Gasteiger partial charge is 0.507 e. The van der Waals surface area contributed by atoms with E-state index in [2.05, 4.69) is 15.8 Å². The van der Waals surface area contributed by atoms with Gasteiger partial charge in [0.1, 0.15) is 17.5 Å². The summed E-state index contributed by atoms with van der Waals surface area (Å²) in [6, 6.07) is 11.4. The van der Waals surface area contributed by atoms with E-state index < -0.39 is 6.04 Å². The summed E-state index contributed by atoms with van der Waals surface area (Å²) in [5, 5.41) is 17.1. The van der Waals surface area contributed by atoms with Crippen LogP contribution in [0.5, 0.6) is 11.5 Å². The highest BCUT2D eigenvalue weighted by atomic mass is 35.5. The number of ether oxygens (including phenoxy) is 1. The summed E-state index contributed by atoms with van der Waals surface area (Å²) in [6.07, 6.45) is 1.34. The van der Waals surface area contributed by atoms with Crippen LogP contribution in [0, 0.1) is 0 Å². The summed E-state index contributed by atoms with van der Waals surface area (Å²) < 4.78 is 5.37. The van der Waals surface area contributed by atoms with Gasteiger partial charge in [-0.2, -0.15) is 5.10 Å². The molecule has 3 N–H and O–H groups in total. The van der Waals surface area contributed by atoms with Gasteiger partial charge in [0.05, 0.1) is 12.8 Å². The molecule has 2 aromatic rings. The molecule has 0 radical (unpaired) electrons. The van der Waals surface area contributed by atoms with Gasteiger partial charge in [0.15, 0.2) is 0 Å². The molecule has 0 fully saturated rings. The maximum Gasteiger partial charge on any atom is 0.262 e. The number of carbonyl (C=O) groups excluding carboxylic acids is 1. The second kappa shape index (κ2) is 8.94. The predicted molar refractivity (Wildman–Crippen MR) is 99.5 cm³/mol. The molecule has 0 aliphatic heterocycles. The van der Waals surface area contributed by atoms with Crippen LogP contribution in [0.3, 0.4) is 0 Å². The normalized spacial score (nSPS) is 12.0. The Morgan fingerprint density at radius 2 is 2.04 bits per heavy atom. The molecule has 7 heteroatoms. The van der Waals surface area contributed by atoms with Crippen molar-refractivity contribution < 1.29 is 14.6 Å². The first kappa shape index (κ1) is 18.6. The number of phenols is 1. The molecule has 2 aromatic carbocycles. The number of rotatable bonds is 7. The molecule has 0 aliphatic carbocycles. The van der Waals surface area contributed by atoms with Crippen LogP contribution in [0.1, 0.15) is 19.4 Å². The summed E-state index contributed by atoms with van der Waals surface area (Å²) in [5.74, 6) is 0.491. The summed E-state index contributed by atoms with van der Waals surface area (Å²) >= 11 is 5.85. The Morgan fingerprint density at radius 1 is 1.32 bits per heavy atom. The van der Waals surface area contributed by atoms with Crippen LogP contribution in [0.25, 0.3) is 0 Å². The molecule has 1 atom stereocenters. The zero-order chi connectivity index (χ0) is 18.2. The van der Waals surface area contributed by atoms with Gasteiger partial charge < -0.3 is 15.2 Å². The van der Waals surface area contributed by atoms with Crippen molar-refractivity contribution in [1.29, 1.82) is 0 Å². The number of nitrogens with zero attached hydrogens (tertiary/aromatic N) is 1. The maximum atomic E-state index is 12.1. The average molecular weight is 362 g/mol. The third kappa shape index (κ3) is 5.69. The fourth-order valence-corrected chi connectivity index (χ4v) is 2.20. The van der Waals surface area contributed by atoms with Crippen LogP contribution < -0.4 is 15.5 Å². The van der Waals surface area contributed by atoms with E-state index in [1.807, 2.05) is 31.2 Å². The highest BCUT2D eigenvalue weighted by Crippen LogP contribution is 2.19. The van der Waals surface area contributed by atoms with E-state index in [4.69, 9.17) is 16.3 Å². The van der Waals surface area contributed by atoms with E-state index in [1.165, 1.54) is 12.3 Å². The molecule has 2 rings (SSSR count). The Balaban J connectivity index is 1.89. The first-order valence-corrected chi connectivity index (χ1v) is 8.18. The van der Waals surface area contributed by atoms with Crippen molar-refractivity contribution >= 4 is 29.4 Å². The number of nitrogens with one attached hydrogen (secondary N) is 2. The van der Waals surface area contributed by atoms with Crippen LogP contribution in [-0.4, -0.2) is 29.9 Å². The van der Waals surface area contributed by atoms with Crippen LogP contribution in [0.4, 0.5) is 5.69 Å². The fraction of sp³-hybridized carbons (Fsp3) is 0.222. The second-order valence-corrected chi connectivity index (χ2v) is 5.70. The Hall–Kier alpha value is -2.73. The van der Waals surface area contributed by atoms with E-state index in [9.17, 15) is 9.90 Å². The van der Waals surface area contributed by atoms with Gasteiger partial charge in [0.2, 0.25) is 0 Å². The molecular formula is C18H20ClN3O3. The summed E-state index contributed by atoms with van der Waals surface area (Å²) in [5.41, 5.74) is 3.63. The highest BCUT2D eigenvalue weighted by Gasteiger charge is 2.11. The van der Waals surface area contributed by atoms with Gasteiger partial charge in [-0.05, 0) is 56.3 Å². The Labute approximate surface area is 151 Å². The second-order valence-electron chi connectivity index (χ2n) is 5.26. The lowest BCUT2D eigenvalue weighted by Gasteiger charge is -2.14. The smallest absolute Gasteiger partial charge is 0.262 e. The van der Waals surface area contributed by atoms with E-state index in [0.717, 1.165) is 11.4 Å². The minimum absolute atomic E-state index is 0.0305. The van der Waals surface area contributed by atoms with Crippen molar-refractivity contribution in [2.75, 3.05) is 11.9 Å². The number of hydrazone groups is 1. The molecule has 0 saturated heterocycles. The standard InChI is InChI=1S/C18H20ClN3O3/c1-3-25-16-7-5-15(6-8-16)21-12(2)18(24)22-20-11-13-10-14(19)4-9-17(13)23/h4-12,21,23H,3H2,1-2H3,(H,22,24)/b20-11+. The van der Waals surface area contributed by atoms with Gasteiger partial charge in [-0.15, -0.1) is 0 Å². The maximum absolute atomic E-state index is 12.1. The fourth-order valence-electron chi connectivity index (χ4n) is 2.02. The summed E-state index contributed by atoms with van der Waals surface area (Å²) in [4.78, 5) is 12.1. The van der Waals surface area contributed by atoms with E-state index in [0.29, 0.717) is 17.2 Å². The lowest BCUT2D eigenvalue weighted by atomic mass is 10.2. The number of carbonyl (C=O) groups is 1. The minimum atomic E-state index is -0.497. The molecule has 1 amide bonds. The number of anilines is 1. The minimum Gasteiger partial charge on any atom is -0.507 e. The van der Waals surface area contributed by atoms with E-state index in [-0.39, 0.29) is 11.7 Å². The Kier molecular flexibility index (Phi) is 6.65. The first-order valence-electron chi connectivity index (χ1n) is 7.80. The van der Waals surface area contributed by atoms with Gasteiger partial charge in [-0.25, -0.2) is 5.43 Å². The van der Waals surface area contributed by atoms with Gasteiger partial charge in [0, 0.05) is 16.3 Å². The first-order chi connectivity index (χ1) is 12.0. The monoisotopic (exact) mass is 361 g/mol. The number of amides is 1. The number of hydrogen-bond acceptors (Lipinski definition) is 5. The molecule has 1 unspecified atom stereocenters.